The van der Waals surface area contributed by atoms with Gasteiger partial charge in [-0.25, -0.2) is 9.79 Å². The molecule has 0 bridgehead atoms. The van der Waals surface area contributed by atoms with Gasteiger partial charge in [0.2, 0.25) is 11.6 Å². The average molecular weight is 465 g/mol. The van der Waals surface area contributed by atoms with Crippen LogP contribution in [0.4, 0.5) is 0 Å². The Bertz CT molecular complexity index is 895. The molecule has 134 valence electrons. The number of carbonyl (C=O) groups is 1. The van der Waals surface area contributed by atoms with Crippen molar-refractivity contribution < 1.29 is 23.7 Å². The molecule has 0 saturated heterocycles. The molecule has 0 spiro atoms. The van der Waals surface area contributed by atoms with Crippen LogP contribution >= 0.6 is 22.6 Å². The summed E-state index contributed by atoms with van der Waals surface area (Å²) in [5.74, 6) is 1.24. The van der Waals surface area contributed by atoms with Crippen LogP contribution in [0.15, 0.2) is 47.1 Å². The fourth-order valence-corrected chi connectivity index (χ4v) is 3.04. The van der Waals surface area contributed by atoms with Crippen molar-refractivity contribution in [2.24, 2.45) is 4.99 Å². The van der Waals surface area contributed by atoms with E-state index in [2.05, 4.69) is 27.6 Å². The lowest BCUT2D eigenvalue weighted by molar-refractivity contribution is -0.129. The molecule has 2 aromatic carbocycles. The Morgan fingerprint density at radius 2 is 1.73 bits per heavy atom. The van der Waals surface area contributed by atoms with E-state index in [1.54, 1.807) is 18.2 Å². The molecule has 1 aliphatic heterocycles. The highest BCUT2D eigenvalue weighted by Gasteiger charge is 2.24. The Morgan fingerprint density at radius 1 is 1.04 bits per heavy atom. The van der Waals surface area contributed by atoms with E-state index in [0.717, 1.165) is 9.13 Å². The van der Waals surface area contributed by atoms with E-state index in [4.69, 9.17) is 18.9 Å². The highest BCUT2D eigenvalue weighted by Crippen LogP contribution is 2.39. The van der Waals surface area contributed by atoms with Crippen molar-refractivity contribution in [3.8, 4) is 17.2 Å². The molecule has 1 aliphatic rings. The summed E-state index contributed by atoms with van der Waals surface area (Å²) in [7, 11) is 4.60. The van der Waals surface area contributed by atoms with Crippen LogP contribution in [0.25, 0.3) is 6.08 Å². The van der Waals surface area contributed by atoms with Crippen molar-refractivity contribution in [1.29, 1.82) is 0 Å². The summed E-state index contributed by atoms with van der Waals surface area (Å²) in [6, 6.07) is 11.1. The number of hydrogen-bond acceptors (Lipinski definition) is 6. The second-order valence-electron chi connectivity index (χ2n) is 5.31. The Morgan fingerprint density at radius 3 is 2.31 bits per heavy atom. The van der Waals surface area contributed by atoms with E-state index >= 15 is 0 Å². The first-order valence-electron chi connectivity index (χ1n) is 7.64. The number of nitrogens with zero attached hydrogens (tertiary/aromatic N) is 1. The maximum Gasteiger partial charge on any atom is 0.363 e. The number of rotatable bonds is 5. The van der Waals surface area contributed by atoms with Gasteiger partial charge >= 0.3 is 5.97 Å². The lowest BCUT2D eigenvalue weighted by atomic mass is 10.1. The van der Waals surface area contributed by atoms with Crippen molar-refractivity contribution in [2.45, 2.75) is 0 Å². The molecule has 0 atom stereocenters. The van der Waals surface area contributed by atoms with Crippen molar-refractivity contribution in [1.82, 2.24) is 0 Å². The van der Waals surface area contributed by atoms with E-state index in [-0.39, 0.29) is 11.6 Å². The van der Waals surface area contributed by atoms with Crippen LogP contribution in [-0.2, 0) is 9.53 Å². The van der Waals surface area contributed by atoms with Gasteiger partial charge < -0.3 is 18.9 Å². The van der Waals surface area contributed by atoms with Crippen molar-refractivity contribution in [3.63, 3.8) is 0 Å². The monoisotopic (exact) mass is 465 g/mol. The molecule has 0 radical (unpaired) electrons. The molecule has 6 nitrogen and oxygen atoms in total. The van der Waals surface area contributed by atoms with Crippen molar-refractivity contribution >= 4 is 40.5 Å². The van der Waals surface area contributed by atoms with Crippen molar-refractivity contribution in [3.05, 3.63) is 56.8 Å². The molecular formula is C19H16INO5. The summed E-state index contributed by atoms with van der Waals surface area (Å²) in [5, 5.41) is 0. The van der Waals surface area contributed by atoms with Crippen LogP contribution in [0.2, 0.25) is 0 Å². The molecule has 0 amide bonds. The lowest BCUT2D eigenvalue weighted by Crippen LogP contribution is -2.05. The normalized spacial score (nSPS) is 14.8. The fraction of sp³-hybridized carbons (Fsp3) is 0.158. The summed E-state index contributed by atoms with van der Waals surface area (Å²) in [5.41, 5.74) is 1.63. The van der Waals surface area contributed by atoms with Gasteiger partial charge in [0, 0.05) is 9.13 Å². The van der Waals surface area contributed by atoms with Gasteiger partial charge in [-0.2, -0.15) is 0 Å². The largest absolute Gasteiger partial charge is 0.493 e. The van der Waals surface area contributed by atoms with Crippen LogP contribution in [-0.4, -0.2) is 33.2 Å². The van der Waals surface area contributed by atoms with Gasteiger partial charge in [0.25, 0.3) is 0 Å². The van der Waals surface area contributed by atoms with Crippen molar-refractivity contribution in [2.75, 3.05) is 21.3 Å². The van der Waals surface area contributed by atoms with Gasteiger partial charge in [-0.05, 0) is 64.6 Å². The van der Waals surface area contributed by atoms with Crippen LogP contribution in [0.1, 0.15) is 11.1 Å². The average Bonchev–Trinajstić information content (AvgIpc) is 3.01. The van der Waals surface area contributed by atoms with Crippen LogP contribution in [0.3, 0.4) is 0 Å². The minimum atomic E-state index is -0.507. The van der Waals surface area contributed by atoms with Crippen LogP contribution in [0.5, 0.6) is 17.2 Å². The number of benzene rings is 2. The molecule has 0 aromatic heterocycles. The molecule has 0 saturated carbocycles. The minimum Gasteiger partial charge on any atom is -0.493 e. The second-order valence-corrected chi connectivity index (χ2v) is 6.55. The Labute approximate surface area is 164 Å². The molecule has 1 heterocycles. The molecule has 2 aromatic rings. The highest BCUT2D eigenvalue weighted by molar-refractivity contribution is 14.1. The van der Waals surface area contributed by atoms with Crippen LogP contribution < -0.4 is 14.2 Å². The molecule has 0 aliphatic carbocycles. The SMILES string of the molecule is COc1cc(/C=C2/N=C(c3cccc(I)c3)OC2=O)cc(OC)c1OC. The molecule has 0 unspecified atom stereocenters. The lowest BCUT2D eigenvalue weighted by Gasteiger charge is -2.12. The third-order valence-electron chi connectivity index (χ3n) is 3.68. The van der Waals surface area contributed by atoms with Gasteiger partial charge in [0.15, 0.2) is 17.2 Å². The Balaban J connectivity index is 2.00. The first-order valence-corrected chi connectivity index (χ1v) is 8.72. The molecule has 3 rings (SSSR count). The smallest absolute Gasteiger partial charge is 0.363 e. The zero-order valence-corrected chi connectivity index (χ0v) is 16.6. The molecule has 0 N–H and O–H groups in total. The summed E-state index contributed by atoms with van der Waals surface area (Å²) < 4.78 is 22.3. The highest BCUT2D eigenvalue weighted by atomic mass is 127. The van der Waals surface area contributed by atoms with Gasteiger partial charge in [-0.3, -0.25) is 0 Å². The second kappa shape index (κ2) is 7.77. The number of aliphatic imine (C=N–C) groups is 1. The van der Waals surface area contributed by atoms with E-state index in [1.807, 2.05) is 24.3 Å². The predicted octanol–water partition coefficient (Wildman–Crippen LogP) is 3.66. The summed E-state index contributed by atoms with van der Waals surface area (Å²) >= 11 is 2.19. The standard InChI is InChI=1S/C19H16INO5/c1-23-15-8-11(9-16(24-2)17(15)25-3)7-14-19(22)26-18(21-14)12-5-4-6-13(20)10-12/h4-10H,1-3H3/b14-7+. The molecule has 0 fully saturated rings. The molecule has 7 heteroatoms. The minimum absolute atomic E-state index is 0.202. The van der Waals surface area contributed by atoms with Gasteiger partial charge in [-0.1, -0.05) is 6.07 Å². The maximum atomic E-state index is 12.2. The number of cyclic esters (lactones) is 1. The third-order valence-corrected chi connectivity index (χ3v) is 4.35. The molecule has 26 heavy (non-hydrogen) atoms. The van der Waals surface area contributed by atoms with E-state index in [0.29, 0.717) is 22.8 Å². The maximum absolute atomic E-state index is 12.2. The third kappa shape index (κ3) is 3.67. The fourth-order valence-electron chi connectivity index (χ4n) is 2.50. The number of hydrogen-bond donors (Lipinski definition) is 0. The van der Waals surface area contributed by atoms with Crippen LogP contribution in [0, 0.1) is 3.57 Å². The molecular weight excluding hydrogens is 449 g/mol. The van der Waals surface area contributed by atoms with E-state index < -0.39 is 5.97 Å². The van der Waals surface area contributed by atoms with E-state index in [9.17, 15) is 4.79 Å². The number of ether oxygens (including phenoxy) is 4. The Kier molecular flexibility index (Phi) is 5.46. The number of methoxy groups -OCH3 is 3. The number of halogens is 1. The summed E-state index contributed by atoms with van der Waals surface area (Å²) in [4.78, 5) is 16.5. The zero-order chi connectivity index (χ0) is 18.7. The Hall–Kier alpha value is -2.55. The number of esters is 1. The first-order chi connectivity index (χ1) is 12.5. The topological polar surface area (TPSA) is 66.4 Å². The summed E-state index contributed by atoms with van der Waals surface area (Å²) in [6.45, 7) is 0. The summed E-state index contributed by atoms with van der Waals surface area (Å²) in [6.07, 6.45) is 1.62. The van der Waals surface area contributed by atoms with Gasteiger partial charge in [-0.15, -0.1) is 0 Å². The quantitative estimate of drug-likeness (QED) is 0.383. The van der Waals surface area contributed by atoms with Gasteiger partial charge in [0.1, 0.15) is 0 Å². The zero-order valence-electron chi connectivity index (χ0n) is 14.4. The van der Waals surface area contributed by atoms with Gasteiger partial charge in [0.05, 0.1) is 21.3 Å². The predicted molar refractivity (Wildman–Crippen MR) is 106 cm³/mol. The first kappa shape index (κ1) is 18.2. The number of carbonyl (C=O) groups excluding carboxylic acids is 1. The van der Waals surface area contributed by atoms with E-state index in [1.165, 1.54) is 21.3 Å².